The lowest BCUT2D eigenvalue weighted by atomic mass is 9.72. The Kier molecular flexibility index (Phi) is 5.24. The minimum absolute atomic E-state index is 0.0206. The summed E-state index contributed by atoms with van der Waals surface area (Å²) in [6.45, 7) is 4.85. The van der Waals surface area contributed by atoms with Crippen molar-refractivity contribution in [3.05, 3.63) is 23.9 Å². The molecule has 3 aliphatic heterocycles. The van der Waals surface area contributed by atoms with E-state index >= 15 is 0 Å². The number of piperidine rings is 3. The number of pyridine rings is 1. The van der Waals surface area contributed by atoms with E-state index in [0.29, 0.717) is 30.2 Å². The first-order chi connectivity index (χ1) is 13.3. The van der Waals surface area contributed by atoms with Gasteiger partial charge in [-0.25, -0.2) is 4.98 Å². The maximum atomic E-state index is 12.8. The Morgan fingerprint density at radius 1 is 1.25 bits per heavy atom. The summed E-state index contributed by atoms with van der Waals surface area (Å²) in [5.41, 5.74) is -0.713. The summed E-state index contributed by atoms with van der Waals surface area (Å²) in [6, 6.07) is 3.38. The lowest BCUT2D eigenvalue weighted by molar-refractivity contribution is -0.137. The molecule has 28 heavy (non-hydrogen) atoms. The first-order valence-electron chi connectivity index (χ1n) is 10.1. The molecule has 2 bridgehead atoms. The highest BCUT2D eigenvalue weighted by Gasteiger charge is 2.47. The quantitative estimate of drug-likeness (QED) is 0.854. The van der Waals surface area contributed by atoms with E-state index in [1.54, 1.807) is 6.92 Å². The molecule has 1 aromatic heterocycles. The molecule has 0 spiro atoms. The number of alkyl halides is 3. The third-order valence-electron chi connectivity index (χ3n) is 6.58. The van der Waals surface area contributed by atoms with Gasteiger partial charge in [-0.15, -0.1) is 0 Å². The van der Waals surface area contributed by atoms with Crippen molar-refractivity contribution in [1.82, 2.24) is 15.2 Å². The second-order valence-corrected chi connectivity index (χ2v) is 8.37. The van der Waals surface area contributed by atoms with Crippen molar-refractivity contribution in [3.63, 3.8) is 0 Å². The van der Waals surface area contributed by atoms with Crippen molar-refractivity contribution in [2.75, 3.05) is 31.1 Å². The highest BCUT2D eigenvalue weighted by atomic mass is 19.4. The topological polar surface area (TPSA) is 48.5 Å². The van der Waals surface area contributed by atoms with Crippen LogP contribution in [0.2, 0.25) is 0 Å². The summed E-state index contributed by atoms with van der Waals surface area (Å²) >= 11 is 0. The van der Waals surface area contributed by atoms with Crippen molar-refractivity contribution in [3.8, 4) is 0 Å². The number of hydrogen-bond donors (Lipinski definition) is 1. The number of aromatic nitrogens is 1. The van der Waals surface area contributed by atoms with E-state index in [2.05, 4.69) is 20.1 Å². The highest BCUT2D eigenvalue weighted by Crippen LogP contribution is 2.42. The molecule has 0 unspecified atom stereocenters. The molecule has 4 heterocycles. The lowest BCUT2D eigenvalue weighted by Gasteiger charge is -2.57. The summed E-state index contributed by atoms with van der Waals surface area (Å²) in [5.74, 6) is 1.47. The summed E-state index contributed by atoms with van der Waals surface area (Å²) in [4.78, 5) is 20.3. The summed E-state index contributed by atoms with van der Waals surface area (Å²) in [7, 11) is 0. The van der Waals surface area contributed by atoms with Crippen LogP contribution in [0.25, 0.3) is 0 Å². The van der Waals surface area contributed by atoms with E-state index in [1.807, 2.05) is 0 Å². The summed E-state index contributed by atoms with van der Waals surface area (Å²) in [5, 5.41) is 2.99. The van der Waals surface area contributed by atoms with Gasteiger partial charge in [-0.2, -0.15) is 13.2 Å². The molecule has 1 amide bonds. The van der Waals surface area contributed by atoms with Gasteiger partial charge in [0, 0.05) is 44.8 Å². The van der Waals surface area contributed by atoms with Crippen molar-refractivity contribution in [2.45, 2.75) is 50.9 Å². The van der Waals surface area contributed by atoms with Gasteiger partial charge >= 0.3 is 6.18 Å². The van der Waals surface area contributed by atoms with Gasteiger partial charge in [0.15, 0.2) is 0 Å². The molecular formula is C20H27F3N4O. The SMILES string of the molecule is CC(=O)NC[C@H]1[C@H]2C[C@H](CN(c3ccc(C(F)(F)F)cn3)C2)[C@@H]2CCCCN21. The van der Waals surface area contributed by atoms with Gasteiger partial charge in [-0.1, -0.05) is 6.42 Å². The number of carbonyl (C=O) groups is 1. The summed E-state index contributed by atoms with van der Waals surface area (Å²) < 4.78 is 38.5. The molecule has 3 fully saturated rings. The number of fused-ring (bicyclic) bond motifs is 4. The van der Waals surface area contributed by atoms with Crippen LogP contribution in [0.1, 0.15) is 38.2 Å². The third kappa shape index (κ3) is 3.83. The molecular weight excluding hydrogens is 369 g/mol. The van der Waals surface area contributed by atoms with Crippen LogP contribution < -0.4 is 10.2 Å². The zero-order valence-electron chi connectivity index (χ0n) is 16.1. The van der Waals surface area contributed by atoms with E-state index in [4.69, 9.17) is 0 Å². The second kappa shape index (κ2) is 7.54. The maximum Gasteiger partial charge on any atom is 0.417 e. The predicted octanol–water partition coefficient (Wildman–Crippen LogP) is 2.92. The number of halogens is 3. The van der Waals surface area contributed by atoms with Crippen LogP contribution in [0.15, 0.2) is 18.3 Å². The monoisotopic (exact) mass is 396 g/mol. The Labute approximate surface area is 163 Å². The van der Waals surface area contributed by atoms with Crippen LogP contribution in [0, 0.1) is 11.8 Å². The molecule has 4 rings (SSSR count). The van der Waals surface area contributed by atoms with Gasteiger partial charge in [0.05, 0.1) is 5.56 Å². The molecule has 0 aliphatic carbocycles. The van der Waals surface area contributed by atoms with Crippen LogP contribution in [-0.4, -0.2) is 54.1 Å². The number of rotatable bonds is 3. The van der Waals surface area contributed by atoms with E-state index in [0.717, 1.165) is 44.7 Å². The highest BCUT2D eigenvalue weighted by molar-refractivity contribution is 5.72. The molecule has 3 saturated heterocycles. The summed E-state index contributed by atoms with van der Waals surface area (Å²) in [6.07, 6.45) is 1.24. The Balaban J connectivity index is 1.54. The third-order valence-corrected chi connectivity index (χ3v) is 6.58. The van der Waals surface area contributed by atoms with Gasteiger partial charge in [0.1, 0.15) is 5.82 Å². The number of carbonyl (C=O) groups excluding carboxylic acids is 1. The Bertz CT molecular complexity index is 708. The number of hydrogen-bond acceptors (Lipinski definition) is 4. The number of anilines is 1. The maximum absolute atomic E-state index is 12.8. The Morgan fingerprint density at radius 3 is 2.71 bits per heavy atom. The van der Waals surface area contributed by atoms with E-state index in [9.17, 15) is 18.0 Å². The molecule has 5 nitrogen and oxygen atoms in total. The standard InChI is InChI=1S/C20H27F3N4O/c1-13(28)24-10-18-15-8-14(17-4-2-3-7-27(17)18)11-26(12-15)19-6-5-16(9-25-19)20(21,22)23/h5-6,9,14-15,17-18H,2-4,7-8,10-12H2,1H3,(H,24,28)/t14-,15+,17+,18+/m1/s1. The van der Waals surface area contributed by atoms with Crippen LogP contribution in [0.5, 0.6) is 0 Å². The molecule has 0 aromatic carbocycles. The molecule has 1 aromatic rings. The molecule has 154 valence electrons. The predicted molar refractivity (Wildman–Crippen MR) is 99.9 cm³/mol. The normalized spacial score (nSPS) is 30.6. The van der Waals surface area contributed by atoms with Crippen molar-refractivity contribution in [2.24, 2.45) is 11.8 Å². The fourth-order valence-corrected chi connectivity index (χ4v) is 5.36. The zero-order chi connectivity index (χ0) is 19.9. The fraction of sp³-hybridized carbons (Fsp3) is 0.700. The van der Waals surface area contributed by atoms with E-state index < -0.39 is 11.7 Å². The minimum atomic E-state index is -4.37. The zero-order valence-corrected chi connectivity index (χ0v) is 16.1. The molecule has 8 heteroatoms. The smallest absolute Gasteiger partial charge is 0.356 e. The largest absolute Gasteiger partial charge is 0.417 e. The number of nitrogens with zero attached hydrogens (tertiary/aromatic N) is 3. The average molecular weight is 396 g/mol. The van der Waals surface area contributed by atoms with Crippen LogP contribution in [0.4, 0.5) is 19.0 Å². The number of amides is 1. The molecule has 0 saturated carbocycles. The van der Waals surface area contributed by atoms with Crippen molar-refractivity contribution in [1.29, 1.82) is 0 Å². The molecule has 3 aliphatic rings. The molecule has 1 N–H and O–H groups in total. The molecule has 4 atom stereocenters. The van der Waals surface area contributed by atoms with Gasteiger partial charge in [0.25, 0.3) is 0 Å². The first-order valence-corrected chi connectivity index (χ1v) is 10.1. The van der Waals surface area contributed by atoms with Crippen LogP contribution in [-0.2, 0) is 11.0 Å². The van der Waals surface area contributed by atoms with E-state index in [-0.39, 0.29) is 11.9 Å². The Hall–Kier alpha value is -1.83. The minimum Gasteiger partial charge on any atom is -0.356 e. The Morgan fingerprint density at radius 2 is 2.04 bits per heavy atom. The average Bonchev–Trinajstić information content (AvgIpc) is 2.67. The second-order valence-electron chi connectivity index (χ2n) is 8.37. The van der Waals surface area contributed by atoms with Crippen LogP contribution in [0.3, 0.4) is 0 Å². The van der Waals surface area contributed by atoms with Gasteiger partial charge < -0.3 is 10.2 Å². The van der Waals surface area contributed by atoms with Crippen molar-refractivity contribution >= 4 is 11.7 Å². The van der Waals surface area contributed by atoms with E-state index in [1.165, 1.54) is 18.9 Å². The lowest BCUT2D eigenvalue weighted by Crippen LogP contribution is -2.65. The van der Waals surface area contributed by atoms with Crippen molar-refractivity contribution < 1.29 is 18.0 Å². The molecule has 0 radical (unpaired) electrons. The number of nitrogens with one attached hydrogen (secondary N) is 1. The fourth-order valence-electron chi connectivity index (χ4n) is 5.36. The first kappa shape index (κ1) is 19.5. The van der Waals surface area contributed by atoms with Crippen LogP contribution >= 0.6 is 0 Å². The van der Waals surface area contributed by atoms with Gasteiger partial charge in [-0.05, 0) is 49.8 Å². The van der Waals surface area contributed by atoms with Gasteiger partial charge in [0.2, 0.25) is 5.91 Å². The van der Waals surface area contributed by atoms with Gasteiger partial charge in [-0.3, -0.25) is 9.69 Å².